The molecule has 1 amide bonds. The summed E-state index contributed by atoms with van der Waals surface area (Å²) in [6.45, 7) is 4.10. The molecular weight excluding hydrogens is 217 g/mol. The molecule has 5 heteroatoms. The van der Waals surface area contributed by atoms with Crippen LogP contribution in [0, 0.1) is 0 Å². The Balaban J connectivity index is 0.00000225. The van der Waals surface area contributed by atoms with E-state index in [1.165, 1.54) is 0 Å². The second kappa shape index (κ2) is 7.30. The molecule has 1 heterocycles. The van der Waals surface area contributed by atoms with Crippen LogP contribution < -0.4 is 34.7 Å². The van der Waals surface area contributed by atoms with E-state index in [0.717, 1.165) is 25.7 Å². The van der Waals surface area contributed by atoms with Gasteiger partial charge in [-0.1, -0.05) is 39.5 Å². The summed E-state index contributed by atoms with van der Waals surface area (Å²) in [5, 5.41) is 11.0. The van der Waals surface area contributed by atoms with Crippen molar-refractivity contribution < 1.29 is 44.2 Å². The van der Waals surface area contributed by atoms with Gasteiger partial charge in [0.15, 0.2) is 6.08 Å². The molecule has 1 rings (SSSR count). The standard InChI is InChI=1S/C11H19NO3.Na/c1-3-5-7-11(8-6-4-2)9(13)12-10(14)15-11;/h3-8H2,1-2H3,(H,12,13,14);/q;+1/p-1. The van der Waals surface area contributed by atoms with E-state index in [4.69, 9.17) is 4.74 Å². The summed E-state index contributed by atoms with van der Waals surface area (Å²) >= 11 is 0. The van der Waals surface area contributed by atoms with Crippen LogP contribution in [0.3, 0.4) is 0 Å². The molecule has 0 aromatic heterocycles. The van der Waals surface area contributed by atoms with Crippen molar-refractivity contribution >= 4 is 12.0 Å². The van der Waals surface area contributed by atoms with Crippen LogP contribution in [0.25, 0.3) is 0 Å². The van der Waals surface area contributed by atoms with E-state index in [2.05, 4.69) is 4.99 Å². The predicted molar refractivity (Wildman–Crippen MR) is 55.3 cm³/mol. The third-order valence-corrected chi connectivity index (χ3v) is 2.73. The molecule has 86 valence electrons. The minimum atomic E-state index is -0.927. The van der Waals surface area contributed by atoms with Gasteiger partial charge in [0.1, 0.15) is 0 Å². The van der Waals surface area contributed by atoms with Crippen molar-refractivity contribution in [2.24, 2.45) is 4.99 Å². The number of carbonyl (C=O) groups is 1. The van der Waals surface area contributed by atoms with Crippen molar-refractivity contribution in [1.82, 2.24) is 0 Å². The van der Waals surface area contributed by atoms with E-state index in [-0.39, 0.29) is 35.5 Å². The summed E-state index contributed by atoms with van der Waals surface area (Å²) in [5.41, 5.74) is -0.927. The average molecular weight is 235 g/mol. The Labute approximate surface area is 119 Å². The van der Waals surface area contributed by atoms with Crippen molar-refractivity contribution in [3.63, 3.8) is 0 Å². The van der Waals surface area contributed by atoms with Crippen LogP contribution in [0.4, 0.5) is 0 Å². The summed E-state index contributed by atoms with van der Waals surface area (Å²) in [6.07, 6.45) is 4.25. The fraction of sp³-hybridized carbons (Fsp3) is 0.818. The van der Waals surface area contributed by atoms with Gasteiger partial charge in [-0.05, 0) is 12.8 Å². The molecule has 0 saturated heterocycles. The molecule has 0 atom stereocenters. The summed E-state index contributed by atoms with van der Waals surface area (Å²) in [4.78, 5) is 15.0. The largest absolute Gasteiger partial charge is 1.00 e. The molecule has 1 aliphatic rings. The molecule has 0 spiro atoms. The number of rotatable bonds is 6. The summed E-state index contributed by atoms with van der Waals surface area (Å²) in [7, 11) is 0. The minimum Gasteiger partial charge on any atom is -0.584 e. The Hall–Kier alpha value is -0.0600. The zero-order valence-electron chi connectivity index (χ0n) is 10.4. The number of ether oxygens (including phenoxy) is 1. The number of hydrogen-bond acceptors (Lipinski definition) is 3. The second-order valence-electron chi connectivity index (χ2n) is 3.99. The maximum absolute atomic E-state index is 11.6. The first-order valence-electron chi connectivity index (χ1n) is 5.64. The number of nitrogens with zero attached hydrogens (tertiary/aromatic N) is 1. The molecule has 1 aliphatic heterocycles. The Morgan fingerprint density at radius 2 is 1.75 bits per heavy atom. The molecule has 0 bridgehead atoms. The van der Waals surface area contributed by atoms with Crippen LogP contribution in [0.1, 0.15) is 52.4 Å². The molecule has 0 fully saturated rings. The monoisotopic (exact) mass is 235 g/mol. The normalized spacial score (nSPS) is 17.6. The van der Waals surface area contributed by atoms with Gasteiger partial charge in [-0.25, -0.2) is 0 Å². The topological polar surface area (TPSA) is 61.7 Å². The van der Waals surface area contributed by atoms with Gasteiger partial charge in [-0.2, -0.15) is 4.99 Å². The van der Waals surface area contributed by atoms with Crippen molar-refractivity contribution in [2.45, 2.75) is 58.0 Å². The molecular formula is C11H18NNaO3. The van der Waals surface area contributed by atoms with Gasteiger partial charge < -0.3 is 9.84 Å². The molecule has 4 nitrogen and oxygen atoms in total. The SMILES string of the molecule is CCCCC1(CCCC)OC([O-])=NC1=O.[Na+]. The average Bonchev–Trinajstić information content (AvgIpc) is 2.48. The van der Waals surface area contributed by atoms with Gasteiger partial charge >= 0.3 is 29.6 Å². The van der Waals surface area contributed by atoms with E-state index >= 15 is 0 Å². The van der Waals surface area contributed by atoms with Crippen molar-refractivity contribution in [2.75, 3.05) is 0 Å². The van der Waals surface area contributed by atoms with Crippen LogP contribution in [0.2, 0.25) is 0 Å². The van der Waals surface area contributed by atoms with Crippen LogP contribution in [0.15, 0.2) is 4.99 Å². The maximum Gasteiger partial charge on any atom is 1.00 e. The summed E-state index contributed by atoms with van der Waals surface area (Å²) < 4.78 is 5.11. The summed E-state index contributed by atoms with van der Waals surface area (Å²) in [5.74, 6) is -0.380. The molecule has 0 aliphatic carbocycles. The number of amides is 1. The number of hydrogen-bond donors (Lipinski definition) is 0. The van der Waals surface area contributed by atoms with Gasteiger partial charge in [0.25, 0.3) is 5.91 Å². The molecule has 0 aromatic rings. The smallest absolute Gasteiger partial charge is 0.584 e. The van der Waals surface area contributed by atoms with Gasteiger partial charge in [-0.15, -0.1) is 0 Å². The first-order chi connectivity index (χ1) is 7.14. The van der Waals surface area contributed by atoms with Gasteiger partial charge in [0, 0.05) is 0 Å². The van der Waals surface area contributed by atoms with E-state index in [1.54, 1.807) is 0 Å². The quantitative estimate of drug-likeness (QED) is 0.520. The predicted octanol–water partition coefficient (Wildman–Crippen LogP) is -1.62. The second-order valence-corrected chi connectivity index (χ2v) is 3.99. The molecule has 0 saturated carbocycles. The Morgan fingerprint density at radius 3 is 2.06 bits per heavy atom. The molecule has 0 unspecified atom stereocenters. The number of unbranched alkanes of at least 4 members (excludes halogenated alkanes) is 2. The van der Waals surface area contributed by atoms with Crippen LogP contribution in [-0.2, 0) is 9.53 Å². The van der Waals surface area contributed by atoms with Crippen LogP contribution in [-0.4, -0.2) is 17.6 Å². The third kappa shape index (κ3) is 3.75. The zero-order valence-corrected chi connectivity index (χ0v) is 12.4. The van der Waals surface area contributed by atoms with Gasteiger partial charge in [-0.3, -0.25) is 4.79 Å². The number of aliphatic imine (C=N–C) groups is 1. The van der Waals surface area contributed by atoms with Crippen molar-refractivity contribution in [3.05, 3.63) is 0 Å². The van der Waals surface area contributed by atoms with E-state index in [9.17, 15) is 9.90 Å². The molecule has 0 aromatic carbocycles. The van der Waals surface area contributed by atoms with E-state index in [1.807, 2.05) is 13.8 Å². The Bertz CT molecular complexity index is 258. The van der Waals surface area contributed by atoms with Gasteiger partial charge in [0.2, 0.25) is 0 Å². The Morgan fingerprint density at radius 1 is 1.25 bits per heavy atom. The Kier molecular flexibility index (Phi) is 7.27. The first-order valence-corrected chi connectivity index (χ1v) is 5.64. The first kappa shape index (κ1) is 15.9. The maximum atomic E-state index is 11.6. The van der Waals surface area contributed by atoms with E-state index < -0.39 is 11.7 Å². The number of carbonyl (C=O) groups excluding carboxylic acids is 1. The van der Waals surface area contributed by atoms with Crippen molar-refractivity contribution in [1.29, 1.82) is 0 Å². The van der Waals surface area contributed by atoms with Crippen molar-refractivity contribution in [3.8, 4) is 0 Å². The molecule has 16 heavy (non-hydrogen) atoms. The van der Waals surface area contributed by atoms with Gasteiger partial charge in [0.05, 0.1) is 5.60 Å². The molecule has 0 N–H and O–H groups in total. The molecule has 0 radical (unpaired) electrons. The third-order valence-electron chi connectivity index (χ3n) is 2.73. The minimum absolute atomic E-state index is 0. The fourth-order valence-electron chi connectivity index (χ4n) is 1.78. The van der Waals surface area contributed by atoms with E-state index in [0.29, 0.717) is 12.8 Å². The van der Waals surface area contributed by atoms with Crippen LogP contribution in [0.5, 0.6) is 0 Å². The fourth-order valence-corrected chi connectivity index (χ4v) is 1.78. The summed E-state index contributed by atoms with van der Waals surface area (Å²) in [6, 6.07) is 0. The zero-order chi connectivity index (χ0) is 11.3. The van der Waals surface area contributed by atoms with Crippen LogP contribution >= 0.6 is 0 Å².